The van der Waals surface area contributed by atoms with Gasteiger partial charge in [-0.1, -0.05) is 13.8 Å². The zero-order valence-corrected chi connectivity index (χ0v) is 11.3. The summed E-state index contributed by atoms with van der Waals surface area (Å²) in [6, 6.07) is 0. The summed E-state index contributed by atoms with van der Waals surface area (Å²) in [5, 5.41) is 0. The molecule has 0 saturated carbocycles. The van der Waals surface area contributed by atoms with Gasteiger partial charge in [0.1, 0.15) is 0 Å². The molecule has 0 amide bonds. The average molecular weight is 224 g/mol. The van der Waals surface area contributed by atoms with Crippen LogP contribution in [0.1, 0.15) is 33.1 Å². The van der Waals surface area contributed by atoms with Crippen molar-refractivity contribution in [2.75, 3.05) is 39.8 Å². The van der Waals surface area contributed by atoms with Crippen molar-refractivity contribution in [3.8, 4) is 0 Å². The van der Waals surface area contributed by atoms with E-state index >= 15 is 0 Å². The average Bonchev–Trinajstić information content (AvgIpc) is 2.25. The fourth-order valence-corrected chi connectivity index (χ4v) is 3.25. The van der Waals surface area contributed by atoms with Gasteiger partial charge in [-0.3, -0.25) is 0 Å². The lowest BCUT2D eigenvalue weighted by molar-refractivity contribution is 0.0949. The van der Waals surface area contributed by atoms with Crippen LogP contribution in [-0.2, 0) is 0 Å². The van der Waals surface area contributed by atoms with E-state index < -0.39 is 0 Å². The summed E-state index contributed by atoms with van der Waals surface area (Å²) in [4.78, 5) is 5.20. The number of nitrogens with zero attached hydrogens (tertiary/aromatic N) is 2. The molecule has 0 aromatic carbocycles. The van der Waals surface area contributed by atoms with Crippen molar-refractivity contribution in [3.05, 3.63) is 0 Å². The third-order valence-electron chi connectivity index (χ3n) is 4.65. The van der Waals surface area contributed by atoms with Crippen LogP contribution in [-0.4, -0.2) is 49.6 Å². The zero-order valence-electron chi connectivity index (χ0n) is 11.3. The van der Waals surface area contributed by atoms with Crippen molar-refractivity contribution in [3.63, 3.8) is 0 Å². The molecule has 0 aromatic heterocycles. The van der Waals surface area contributed by atoms with Gasteiger partial charge in [-0.2, -0.15) is 0 Å². The van der Waals surface area contributed by atoms with Crippen molar-refractivity contribution in [1.29, 1.82) is 0 Å². The molecule has 2 saturated heterocycles. The fourth-order valence-electron chi connectivity index (χ4n) is 3.25. The van der Waals surface area contributed by atoms with Gasteiger partial charge in [0.25, 0.3) is 0 Å². The SMILES string of the molecule is CC1CCN(CC2CCN(C)C[C@H]2C)CC1. The predicted molar refractivity (Wildman–Crippen MR) is 69.6 cm³/mol. The van der Waals surface area contributed by atoms with Gasteiger partial charge >= 0.3 is 0 Å². The number of hydrogen-bond acceptors (Lipinski definition) is 2. The summed E-state index contributed by atoms with van der Waals surface area (Å²) in [7, 11) is 2.26. The molecule has 2 rings (SSSR count). The van der Waals surface area contributed by atoms with Crippen LogP contribution in [0.3, 0.4) is 0 Å². The van der Waals surface area contributed by atoms with Crippen LogP contribution in [0.25, 0.3) is 0 Å². The smallest absolute Gasteiger partial charge is 0.00132 e. The Balaban J connectivity index is 1.76. The molecule has 0 spiro atoms. The first kappa shape index (κ1) is 12.4. The molecule has 0 aliphatic carbocycles. The summed E-state index contributed by atoms with van der Waals surface area (Å²) in [6.07, 6.45) is 4.24. The van der Waals surface area contributed by atoms with E-state index in [0.29, 0.717) is 0 Å². The third kappa shape index (κ3) is 3.21. The summed E-state index contributed by atoms with van der Waals surface area (Å²) < 4.78 is 0. The van der Waals surface area contributed by atoms with E-state index in [1.165, 1.54) is 52.0 Å². The third-order valence-corrected chi connectivity index (χ3v) is 4.65. The second-order valence-corrected chi connectivity index (χ2v) is 6.27. The normalized spacial score (nSPS) is 35.4. The lowest BCUT2D eigenvalue weighted by atomic mass is 9.86. The predicted octanol–water partition coefficient (Wildman–Crippen LogP) is 2.31. The molecule has 16 heavy (non-hydrogen) atoms. The molecule has 2 aliphatic rings. The van der Waals surface area contributed by atoms with Crippen LogP contribution in [0.4, 0.5) is 0 Å². The Hall–Kier alpha value is -0.0800. The van der Waals surface area contributed by atoms with Crippen LogP contribution in [0.5, 0.6) is 0 Å². The van der Waals surface area contributed by atoms with E-state index in [-0.39, 0.29) is 0 Å². The van der Waals surface area contributed by atoms with Crippen LogP contribution in [0, 0.1) is 17.8 Å². The number of hydrogen-bond donors (Lipinski definition) is 0. The first-order valence-electron chi connectivity index (χ1n) is 7.06. The number of likely N-dealkylation sites (tertiary alicyclic amines) is 2. The Kier molecular flexibility index (Phi) is 4.26. The molecular weight excluding hydrogens is 196 g/mol. The number of rotatable bonds is 2. The molecule has 0 aromatic rings. The van der Waals surface area contributed by atoms with Crippen molar-refractivity contribution in [2.45, 2.75) is 33.1 Å². The van der Waals surface area contributed by atoms with Gasteiger partial charge in [0.2, 0.25) is 0 Å². The molecule has 2 fully saturated rings. The zero-order chi connectivity index (χ0) is 11.5. The Labute approximate surface area is 101 Å². The number of piperidine rings is 2. The minimum Gasteiger partial charge on any atom is -0.306 e. The summed E-state index contributed by atoms with van der Waals surface area (Å²) in [5.41, 5.74) is 0. The highest BCUT2D eigenvalue weighted by atomic mass is 15.1. The summed E-state index contributed by atoms with van der Waals surface area (Å²) >= 11 is 0. The molecule has 2 atom stereocenters. The lowest BCUT2D eigenvalue weighted by Gasteiger charge is -2.39. The fraction of sp³-hybridized carbons (Fsp3) is 1.00. The topological polar surface area (TPSA) is 6.48 Å². The molecule has 2 nitrogen and oxygen atoms in total. The standard InChI is InChI=1S/C14H28N2/c1-12-4-8-16(9-5-12)11-14-6-7-15(3)10-13(14)2/h12-14H,4-11H2,1-3H3/t13-,14?/m1/s1. The van der Waals surface area contributed by atoms with E-state index in [2.05, 4.69) is 30.7 Å². The molecule has 2 aliphatic heterocycles. The van der Waals surface area contributed by atoms with Gasteiger partial charge in [-0.05, 0) is 63.7 Å². The second-order valence-electron chi connectivity index (χ2n) is 6.27. The van der Waals surface area contributed by atoms with E-state index in [1.54, 1.807) is 0 Å². The Morgan fingerprint density at radius 3 is 2.31 bits per heavy atom. The molecular formula is C14H28N2. The van der Waals surface area contributed by atoms with Crippen molar-refractivity contribution in [1.82, 2.24) is 9.80 Å². The largest absolute Gasteiger partial charge is 0.306 e. The van der Waals surface area contributed by atoms with Crippen LogP contribution < -0.4 is 0 Å². The van der Waals surface area contributed by atoms with Gasteiger partial charge in [0.05, 0.1) is 0 Å². The maximum absolute atomic E-state index is 2.71. The van der Waals surface area contributed by atoms with Gasteiger partial charge in [0, 0.05) is 13.1 Å². The maximum atomic E-state index is 2.71. The van der Waals surface area contributed by atoms with Crippen molar-refractivity contribution < 1.29 is 0 Å². The van der Waals surface area contributed by atoms with E-state index in [1.807, 2.05) is 0 Å². The Morgan fingerprint density at radius 1 is 1.00 bits per heavy atom. The van der Waals surface area contributed by atoms with Gasteiger partial charge < -0.3 is 9.80 Å². The monoisotopic (exact) mass is 224 g/mol. The first-order chi connectivity index (χ1) is 7.65. The molecule has 0 bridgehead atoms. The first-order valence-corrected chi connectivity index (χ1v) is 7.06. The maximum Gasteiger partial charge on any atom is 0.00132 e. The molecule has 2 heteroatoms. The van der Waals surface area contributed by atoms with Gasteiger partial charge in [-0.25, -0.2) is 0 Å². The quantitative estimate of drug-likeness (QED) is 0.710. The van der Waals surface area contributed by atoms with Crippen LogP contribution in [0.15, 0.2) is 0 Å². The van der Waals surface area contributed by atoms with E-state index in [0.717, 1.165) is 17.8 Å². The molecule has 0 N–H and O–H groups in total. The van der Waals surface area contributed by atoms with Crippen molar-refractivity contribution in [2.24, 2.45) is 17.8 Å². The highest BCUT2D eigenvalue weighted by Crippen LogP contribution is 2.25. The molecule has 1 unspecified atom stereocenters. The second kappa shape index (κ2) is 5.50. The van der Waals surface area contributed by atoms with Crippen molar-refractivity contribution >= 4 is 0 Å². The molecule has 2 heterocycles. The molecule has 94 valence electrons. The van der Waals surface area contributed by atoms with Gasteiger partial charge in [-0.15, -0.1) is 0 Å². The van der Waals surface area contributed by atoms with Crippen LogP contribution in [0.2, 0.25) is 0 Å². The Morgan fingerprint density at radius 2 is 1.69 bits per heavy atom. The highest BCUT2D eigenvalue weighted by Gasteiger charge is 2.27. The van der Waals surface area contributed by atoms with Gasteiger partial charge in [0.15, 0.2) is 0 Å². The van der Waals surface area contributed by atoms with E-state index in [4.69, 9.17) is 0 Å². The Bertz CT molecular complexity index is 209. The minimum absolute atomic E-state index is 0.887. The summed E-state index contributed by atoms with van der Waals surface area (Å²) in [6.45, 7) is 11.5. The molecule has 0 radical (unpaired) electrons. The highest BCUT2D eigenvalue weighted by molar-refractivity contribution is 4.80. The minimum atomic E-state index is 0.887. The summed E-state index contributed by atoms with van der Waals surface area (Å²) in [5.74, 6) is 2.80. The lowest BCUT2D eigenvalue weighted by Crippen LogP contribution is -2.44. The van der Waals surface area contributed by atoms with Crippen LogP contribution >= 0.6 is 0 Å². The van der Waals surface area contributed by atoms with E-state index in [9.17, 15) is 0 Å².